The Balaban J connectivity index is 1.86. The zero-order chi connectivity index (χ0) is 14.4. The van der Waals surface area contributed by atoms with Gasteiger partial charge in [-0.3, -0.25) is 0 Å². The quantitative estimate of drug-likeness (QED) is 0.731. The molecule has 1 atom stereocenters. The first-order valence-corrected chi connectivity index (χ1v) is 6.20. The largest absolute Gasteiger partial charge is 0.435 e. The van der Waals surface area contributed by atoms with Crippen molar-refractivity contribution in [3.05, 3.63) is 53.9 Å². The van der Waals surface area contributed by atoms with E-state index >= 15 is 0 Å². The van der Waals surface area contributed by atoms with Crippen LogP contribution < -0.4 is 10.1 Å². The third-order valence-corrected chi connectivity index (χ3v) is 2.80. The number of aromatic amines is 1. The van der Waals surface area contributed by atoms with Crippen molar-refractivity contribution in [2.75, 3.05) is 6.54 Å². The van der Waals surface area contributed by atoms with Crippen LogP contribution in [0.25, 0.3) is 0 Å². The second-order valence-corrected chi connectivity index (χ2v) is 4.32. The van der Waals surface area contributed by atoms with E-state index in [9.17, 15) is 13.9 Å². The molecule has 4 nitrogen and oxygen atoms in total. The highest BCUT2D eigenvalue weighted by molar-refractivity contribution is 5.30. The molecule has 6 heteroatoms. The number of aliphatic hydroxyl groups is 1. The number of hydrogen-bond acceptors (Lipinski definition) is 3. The number of benzene rings is 1. The summed E-state index contributed by atoms with van der Waals surface area (Å²) in [6.07, 6.45) is 2.89. The molecule has 1 aromatic heterocycles. The maximum absolute atomic E-state index is 12.1. The van der Waals surface area contributed by atoms with Gasteiger partial charge in [-0.1, -0.05) is 12.1 Å². The number of rotatable bonds is 7. The predicted molar refractivity (Wildman–Crippen MR) is 70.5 cm³/mol. The highest BCUT2D eigenvalue weighted by Crippen LogP contribution is 2.20. The molecule has 0 amide bonds. The van der Waals surface area contributed by atoms with Gasteiger partial charge in [0, 0.05) is 25.5 Å². The molecule has 1 unspecified atom stereocenters. The second-order valence-electron chi connectivity index (χ2n) is 4.32. The van der Waals surface area contributed by atoms with Gasteiger partial charge in [-0.15, -0.1) is 0 Å². The van der Waals surface area contributed by atoms with Crippen molar-refractivity contribution in [3.63, 3.8) is 0 Å². The third kappa shape index (κ3) is 4.32. The lowest BCUT2D eigenvalue weighted by Gasteiger charge is -2.13. The van der Waals surface area contributed by atoms with Gasteiger partial charge in [0.15, 0.2) is 0 Å². The third-order valence-electron chi connectivity index (χ3n) is 2.80. The Morgan fingerprint density at radius 2 is 2.15 bits per heavy atom. The lowest BCUT2D eigenvalue weighted by molar-refractivity contribution is -0.0499. The summed E-state index contributed by atoms with van der Waals surface area (Å²) in [4.78, 5) is 2.94. The number of aromatic nitrogens is 1. The van der Waals surface area contributed by atoms with Crippen molar-refractivity contribution in [1.29, 1.82) is 0 Å². The van der Waals surface area contributed by atoms with Gasteiger partial charge in [0.2, 0.25) is 0 Å². The lowest BCUT2D eigenvalue weighted by atomic mass is 10.1. The van der Waals surface area contributed by atoms with Crippen LogP contribution in [0.2, 0.25) is 0 Å². The smallest absolute Gasteiger partial charge is 0.387 e. The Morgan fingerprint density at radius 3 is 2.85 bits per heavy atom. The normalized spacial score (nSPS) is 12.6. The number of ether oxygens (including phenoxy) is 1. The van der Waals surface area contributed by atoms with Crippen molar-refractivity contribution in [2.45, 2.75) is 19.3 Å². The minimum atomic E-state index is -2.87. The monoisotopic (exact) mass is 282 g/mol. The summed E-state index contributed by atoms with van der Waals surface area (Å²) >= 11 is 0. The molecule has 0 fully saturated rings. The maximum Gasteiger partial charge on any atom is 0.387 e. The molecular weight excluding hydrogens is 266 g/mol. The topological polar surface area (TPSA) is 57.3 Å². The number of hydrogen-bond donors (Lipinski definition) is 3. The standard InChI is InChI=1S/C14H16F2N2O2/c15-14(16)20-12-3-1-2-11(6-12)13(19)9-18-8-10-4-5-17-7-10/h1-7,13-14,17-19H,8-9H2. The Hall–Kier alpha value is -1.92. The van der Waals surface area contributed by atoms with Crippen LogP contribution in [0.3, 0.4) is 0 Å². The van der Waals surface area contributed by atoms with Crippen LogP contribution in [0.15, 0.2) is 42.7 Å². The minimum absolute atomic E-state index is 0.0437. The van der Waals surface area contributed by atoms with Crippen LogP contribution in [0, 0.1) is 0 Å². The van der Waals surface area contributed by atoms with E-state index in [1.54, 1.807) is 12.1 Å². The van der Waals surface area contributed by atoms with E-state index in [0.29, 0.717) is 18.7 Å². The molecule has 0 saturated heterocycles. The molecule has 2 rings (SSSR count). The Morgan fingerprint density at radius 1 is 1.30 bits per heavy atom. The first-order chi connectivity index (χ1) is 9.65. The van der Waals surface area contributed by atoms with Crippen LogP contribution in [0.1, 0.15) is 17.2 Å². The molecule has 0 radical (unpaired) electrons. The van der Waals surface area contributed by atoms with Crippen molar-refractivity contribution >= 4 is 0 Å². The second kappa shape index (κ2) is 7.02. The van der Waals surface area contributed by atoms with E-state index in [1.165, 1.54) is 12.1 Å². The van der Waals surface area contributed by atoms with E-state index in [-0.39, 0.29) is 5.75 Å². The summed E-state index contributed by atoms with van der Waals surface area (Å²) in [7, 11) is 0. The number of halogens is 2. The first kappa shape index (κ1) is 14.5. The van der Waals surface area contributed by atoms with Crippen molar-refractivity contribution < 1.29 is 18.6 Å². The number of H-pyrrole nitrogens is 1. The summed E-state index contributed by atoms with van der Waals surface area (Å²) in [5.74, 6) is 0.0437. The van der Waals surface area contributed by atoms with Gasteiger partial charge in [-0.05, 0) is 29.3 Å². The van der Waals surface area contributed by atoms with E-state index in [1.807, 2.05) is 18.5 Å². The van der Waals surface area contributed by atoms with Gasteiger partial charge in [0.05, 0.1) is 6.10 Å². The zero-order valence-electron chi connectivity index (χ0n) is 10.7. The molecule has 1 heterocycles. The average molecular weight is 282 g/mol. The SMILES string of the molecule is OC(CNCc1cc[nH]c1)c1cccc(OC(F)F)c1. The Bertz CT molecular complexity index is 518. The zero-order valence-corrected chi connectivity index (χ0v) is 10.7. The fourth-order valence-electron chi connectivity index (χ4n) is 1.84. The summed E-state index contributed by atoms with van der Waals surface area (Å²) in [6, 6.07) is 8.00. The Labute approximate surface area is 115 Å². The van der Waals surface area contributed by atoms with Crippen LogP contribution in [-0.4, -0.2) is 23.2 Å². The van der Waals surface area contributed by atoms with Crippen molar-refractivity contribution in [1.82, 2.24) is 10.3 Å². The van der Waals surface area contributed by atoms with E-state index in [0.717, 1.165) is 5.56 Å². The molecule has 0 saturated carbocycles. The molecule has 1 aromatic carbocycles. The molecule has 20 heavy (non-hydrogen) atoms. The van der Waals surface area contributed by atoms with Gasteiger partial charge >= 0.3 is 6.61 Å². The summed E-state index contributed by atoms with van der Waals surface area (Å²) < 4.78 is 28.5. The number of aliphatic hydroxyl groups excluding tert-OH is 1. The summed E-state index contributed by atoms with van der Waals surface area (Å²) in [5, 5.41) is 13.1. The summed E-state index contributed by atoms with van der Waals surface area (Å²) in [5.41, 5.74) is 1.61. The van der Waals surface area contributed by atoms with Crippen molar-refractivity contribution in [2.24, 2.45) is 0 Å². The molecule has 0 aliphatic heterocycles. The number of alkyl halides is 2. The molecule has 0 bridgehead atoms. The van der Waals surface area contributed by atoms with Gasteiger partial charge in [-0.2, -0.15) is 8.78 Å². The average Bonchev–Trinajstić information content (AvgIpc) is 2.91. The van der Waals surface area contributed by atoms with Crippen LogP contribution in [0.4, 0.5) is 8.78 Å². The van der Waals surface area contributed by atoms with Gasteiger partial charge < -0.3 is 20.1 Å². The fourth-order valence-corrected chi connectivity index (χ4v) is 1.84. The highest BCUT2D eigenvalue weighted by Gasteiger charge is 2.10. The molecule has 108 valence electrons. The molecule has 2 aromatic rings. The van der Waals surface area contributed by atoms with Crippen LogP contribution in [0.5, 0.6) is 5.75 Å². The molecule has 3 N–H and O–H groups in total. The van der Waals surface area contributed by atoms with Gasteiger partial charge in [-0.25, -0.2) is 0 Å². The molecular formula is C14H16F2N2O2. The molecule has 0 aliphatic rings. The summed E-state index contributed by atoms with van der Waals surface area (Å²) in [6.45, 7) is -1.93. The van der Waals surface area contributed by atoms with E-state index in [2.05, 4.69) is 15.0 Å². The van der Waals surface area contributed by atoms with E-state index in [4.69, 9.17) is 0 Å². The molecule has 0 aliphatic carbocycles. The minimum Gasteiger partial charge on any atom is -0.435 e. The first-order valence-electron chi connectivity index (χ1n) is 6.20. The fraction of sp³-hybridized carbons (Fsp3) is 0.286. The van der Waals surface area contributed by atoms with Crippen molar-refractivity contribution in [3.8, 4) is 5.75 Å². The number of nitrogens with one attached hydrogen (secondary N) is 2. The van der Waals surface area contributed by atoms with Crippen LogP contribution in [-0.2, 0) is 6.54 Å². The van der Waals surface area contributed by atoms with Crippen LogP contribution >= 0.6 is 0 Å². The maximum atomic E-state index is 12.1. The van der Waals surface area contributed by atoms with Gasteiger partial charge in [0.25, 0.3) is 0 Å². The van der Waals surface area contributed by atoms with Gasteiger partial charge in [0.1, 0.15) is 5.75 Å². The lowest BCUT2D eigenvalue weighted by Crippen LogP contribution is -2.20. The molecule has 0 spiro atoms. The Kier molecular flexibility index (Phi) is 5.09. The van der Waals surface area contributed by atoms with E-state index < -0.39 is 12.7 Å². The predicted octanol–water partition coefficient (Wildman–Crippen LogP) is 2.44. The highest BCUT2D eigenvalue weighted by atomic mass is 19.3.